The number of hydrogen-bond acceptors (Lipinski definition) is 5. The molecule has 0 aromatic heterocycles. The highest BCUT2D eigenvalue weighted by molar-refractivity contribution is 5.68. The SMILES string of the molecule is CC1(C)C(OCC(=O)O)CC(CO)C(O)C1O. The molecule has 6 heteroatoms. The van der Waals surface area contributed by atoms with Crippen LogP contribution in [0.15, 0.2) is 0 Å². The highest BCUT2D eigenvalue weighted by Gasteiger charge is 2.49. The van der Waals surface area contributed by atoms with Crippen LogP contribution in [0.5, 0.6) is 0 Å². The quantitative estimate of drug-likeness (QED) is 0.520. The van der Waals surface area contributed by atoms with E-state index in [-0.39, 0.29) is 6.61 Å². The van der Waals surface area contributed by atoms with Crippen molar-refractivity contribution in [2.24, 2.45) is 11.3 Å². The summed E-state index contributed by atoms with van der Waals surface area (Å²) in [6, 6.07) is 0. The van der Waals surface area contributed by atoms with Crippen molar-refractivity contribution in [3.05, 3.63) is 0 Å². The van der Waals surface area contributed by atoms with Crippen molar-refractivity contribution < 1.29 is 30.0 Å². The molecular formula is C11H20O6. The normalized spacial score (nSPS) is 36.8. The lowest BCUT2D eigenvalue weighted by atomic mass is 9.67. The predicted molar refractivity (Wildman–Crippen MR) is 58.4 cm³/mol. The first kappa shape index (κ1) is 14.4. The minimum absolute atomic E-state index is 0.263. The molecule has 4 N–H and O–H groups in total. The molecule has 1 rings (SSSR count). The van der Waals surface area contributed by atoms with Gasteiger partial charge in [-0.25, -0.2) is 4.79 Å². The van der Waals surface area contributed by atoms with Crippen LogP contribution >= 0.6 is 0 Å². The number of carboxylic acid groups (broad SMARTS) is 1. The standard InChI is InChI=1S/C11H20O6/c1-11(2)7(17-5-8(13)14)3-6(4-12)9(15)10(11)16/h6-7,9-10,12,15-16H,3-5H2,1-2H3,(H,13,14). The van der Waals surface area contributed by atoms with Gasteiger partial charge in [0.25, 0.3) is 0 Å². The van der Waals surface area contributed by atoms with Crippen LogP contribution in [0.2, 0.25) is 0 Å². The summed E-state index contributed by atoms with van der Waals surface area (Å²) in [5.74, 6) is -1.57. The van der Waals surface area contributed by atoms with Crippen LogP contribution in [0.3, 0.4) is 0 Å². The smallest absolute Gasteiger partial charge is 0.329 e. The van der Waals surface area contributed by atoms with Gasteiger partial charge in [-0.05, 0) is 6.42 Å². The molecular weight excluding hydrogens is 228 g/mol. The molecule has 1 aliphatic carbocycles. The molecule has 100 valence electrons. The summed E-state index contributed by atoms with van der Waals surface area (Å²) in [5.41, 5.74) is -0.749. The fraction of sp³-hybridized carbons (Fsp3) is 0.909. The minimum Gasteiger partial charge on any atom is -0.480 e. The molecule has 0 radical (unpaired) electrons. The van der Waals surface area contributed by atoms with Crippen molar-refractivity contribution >= 4 is 5.97 Å². The summed E-state index contributed by atoms with van der Waals surface area (Å²) >= 11 is 0. The van der Waals surface area contributed by atoms with Gasteiger partial charge in [-0.1, -0.05) is 13.8 Å². The van der Waals surface area contributed by atoms with Gasteiger partial charge in [0.1, 0.15) is 6.61 Å². The van der Waals surface area contributed by atoms with E-state index < -0.39 is 42.2 Å². The molecule has 17 heavy (non-hydrogen) atoms. The molecule has 0 saturated heterocycles. The summed E-state index contributed by atoms with van der Waals surface area (Å²) in [7, 11) is 0. The molecule has 0 bridgehead atoms. The van der Waals surface area contributed by atoms with Crippen molar-refractivity contribution in [2.45, 2.75) is 38.6 Å². The fourth-order valence-corrected chi connectivity index (χ4v) is 2.24. The number of aliphatic hydroxyl groups is 3. The van der Waals surface area contributed by atoms with Crippen molar-refractivity contribution in [2.75, 3.05) is 13.2 Å². The molecule has 6 nitrogen and oxygen atoms in total. The van der Waals surface area contributed by atoms with Gasteiger partial charge in [-0.3, -0.25) is 0 Å². The third kappa shape index (κ3) is 2.95. The van der Waals surface area contributed by atoms with E-state index in [1.165, 1.54) is 0 Å². The lowest BCUT2D eigenvalue weighted by Gasteiger charge is -2.47. The second-order valence-electron chi connectivity index (χ2n) is 5.13. The zero-order valence-electron chi connectivity index (χ0n) is 10.0. The fourth-order valence-electron chi connectivity index (χ4n) is 2.24. The summed E-state index contributed by atoms with van der Waals surface area (Å²) in [4.78, 5) is 10.5. The molecule has 0 aromatic rings. The highest BCUT2D eigenvalue weighted by atomic mass is 16.5. The van der Waals surface area contributed by atoms with Crippen LogP contribution in [-0.4, -0.2) is 57.9 Å². The van der Waals surface area contributed by atoms with Crippen LogP contribution in [0.1, 0.15) is 20.3 Å². The summed E-state index contributed by atoms with van der Waals surface area (Å²) in [5, 5.41) is 37.4. The van der Waals surface area contributed by atoms with Gasteiger partial charge in [0.05, 0.1) is 18.3 Å². The summed E-state index contributed by atoms with van der Waals surface area (Å²) in [6.07, 6.45) is -2.24. The molecule has 0 heterocycles. The van der Waals surface area contributed by atoms with Crippen molar-refractivity contribution in [3.8, 4) is 0 Å². The van der Waals surface area contributed by atoms with E-state index in [1.807, 2.05) is 0 Å². The number of rotatable bonds is 4. The van der Waals surface area contributed by atoms with Gasteiger partial charge in [0.15, 0.2) is 0 Å². The number of carboxylic acids is 1. The Kier molecular flexibility index (Phi) is 4.48. The maximum atomic E-state index is 10.5. The van der Waals surface area contributed by atoms with Crippen molar-refractivity contribution in [3.63, 3.8) is 0 Å². The van der Waals surface area contributed by atoms with Gasteiger partial charge >= 0.3 is 5.97 Å². The first-order valence-electron chi connectivity index (χ1n) is 5.61. The Morgan fingerprint density at radius 1 is 1.41 bits per heavy atom. The number of aliphatic carboxylic acids is 1. The third-order valence-corrected chi connectivity index (χ3v) is 3.56. The maximum Gasteiger partial charge on any atom is 0.329 e. The largest absolute Gasteiger partial charge is 0.480 e. The van der Waals surface area contributed by atoms with E-state index in [0.29, 0.717) is 6.42 Å². The average molecular weight is 248 g/mol. The Hall–Kier alpha value is -0.690. The Morgan fingerprint density at radius 3 is 2.47 bits per heavy atom. The predicted octanol–water partition coefficient (Wildman–Crippen LogP) is -0.784. The first-order chi connectivity index (χ1) is 7.80. The Labute approximate surface area is 99.8 Å². The molecule has 4 atom stereocenters. The average Bonchev–Trinajstić information content (AvgIpc) is 2.25. The van der Waals surface area contributed by atoms with Crippen LogP contribution in [0.25, 0.3) is 0 Å². The summed E-state index contributed by atoms with van der Waals surface area (Å²) in [6.45, 7) is 2.71. The van der Waals surface area contributed by atoms with E-state index in [4.69, 9.17) is 14.9 Å². The molecule has 1 fully saturated rings. The van der Waals surface area contributed by atoms with Crippen LogP contribution in [0, 0.1) is 11.3 Å². The van der Waals surface area contributed by atoms with Gasteiger partial charge in [-0.15, -0.1) is 0 Å². The van der Waals surface area contributed by atoms with E-state index >= 15 is 0 Å². The zero-order chi connectivity index (χ0) is 13.2. The number of carbonyl (C=O) groups is 1. The van der Waals surface area contributed by atoms with Crippen LogP contribution in [0.4, 0.5) is 0 Å². The summed E-state index contributed by atoms with van der Waals surface area (Å²) < 4.78 is 5.23. The second kappa shape index (κ2) is 5.30. The highest BCUT2D eigenvalue weighted by Crippen LogP contribution is 2.40. The molecule has 0 amide bonds. The first-order valence-corrected chi connectivity index (χ1v) is 5.61. The molecule has 0 aliphatic heterocycles. The zero-order valence-corrected chi connectivity index (χ0v) is 10.0. The topological polar surface area (TPSA) is 107 Å². The molecule has 1 saturated carbocycles. The Bertz CT molecular complexity index is 277. The van der Waals surface area contributed by atoms with Gasteiger partial charge in [0, 0.05) is 17.9 Å². The maximum absolute atomic E-state index is 10.5. The molecule has 1 aliphatic rings. The number of ether oxygens (including phenoxy) is 1. The second-order valence-corrected chi connectivity index (χ2v) is 5.13. The third-order valence-electron chi connectivity index (χ3n) is 3.56. The molecule has 0 aromatic carbocycles. The van der Waals surface area contributed by atoms with Gasteiger partial charge in [-0.2, -0.15) is 0 Å². The van der Waals surface area contributed by atoms with E-state index in [9.17, 15) is 15.0 Å². The Morgan fingerprint density at radius 2 is 2.00 bits per heavy atom. The Balaban J connectivity index is 2.76. The minimum atomic E-state index is -1.08. The lowest BCUT2D eigenvalue weighted by molar-refractivity contribution is -0.188. The molecule has 0 spiro atoms. The monoisotopic (exact) mass is 248 g/mol. The van der Waals surface area contributed by atoms with Crippen molar-refractivity contribution in [1.29, 1.82) is 0 Å². The number of hydrogen-bond donors (Lipinski definition) is 4. The van der Waals surface area contributed by atoms with Crippen LogP contribution in [-0.2, 0) is 9.53 Å². The van der Waals surface area contributed by atoms with Crippen LogP contribution < -0.4 is 0 Å². The lowest BCUT2D eigenvalue weighted by Crippen LogP contribution is -2.57. The van der Waals surface area contributed by atoms with E-state index in [0.717, 1.165) is 0 Å². The molecule has 4 unspecified atom stereocenters. The van der Waals surface area contributed by atoms with E-state index in [1.54, 1.807) is 13.8 Å². The van der Waals surface area contributed by atoms with Gasteiger partial charge in [0.2, 0.25) is 0 Å². The number of aliphatic hydroxyl groups excluding tert-OH is 3. The van der Waals surface area contributed by atoms with E-state index in [2.05, 4.69) is 0 Å². The van der Waals surface area contributed by atoms with Crippen molar-refractivity contribution in [1.82, 2.24) is 0 Å². The van der Waals surface area contributed by atoms with Gasteiger partial charge < -0.3 is 25.2 Å².